The lowest BCUT2D eigenvalue weighted by Gasteiger charge is -2.09. The second-order valence-electron chi connectivity index (χ2n) is 4.16. The number of nitrogens with one attached hydrogen (secondary N) is 2. The van der Waals surface area contributed by atoms with E-state index in [0.717, 1.165) is 11.9 Å². The van der Waals surface area contributed by atoms with E-state index in [-0.39, 0.29) is 0 Å². The molecular weight excluding hydrogens is 255 g/mol. The third kappa shape index (κ3) is 4.10. The standard InChI is InChI=1S/C13H14F3N3/c14-13(15,16)11-3-1-2-10(8-11)9-17-5-4-12-18-6-7-19-12/h1-3,6-8,17H,4-5,9H2,(H,18,19). The molecule has 2 aromatic rings. The summed E-state index contributed by atoms with van der Waals surface area (Å²) in [5.41, 5.74) is 0.00658. The van der Waals surface area contributed by atoms with Gasteiger partial charge in [0.2, 0.25) is 0 Å². The molecule has 0 aliphatic heterocycles. The van der Waals surface area contributed by atoms with Crippen molar-refractivity contribution in [1.82, 2.24) is 15.3 Å². The lowest BCUT2D eigenvalue weighted by Crippen LogP contribution is -2.17. The van der Waals surface area contributed by atoms with Crippen LogP contribution < -0.4 is 5.32 Å². The zero-order chi connectivity index (χ0) is 13.7. The van der Waals surface area contributed by atoms with Gasteiger partial charge in [0.05, 0.1) is 5.56 Å². The number of imidazole rings is 1. The third-order valence-electron chi connectivity index (χ3n) is 2.68. The SMILES string of the molecule is FC(F)(F)c1cccc(CNCCc2ncc[nH]2)c1. The number of nitrogens with zero attached hydrogens (tertiary/aromatic N) is 1. The Bertz CT molecular complexity index is 506. The van der Waals surface area contributed by atoms with Crippen molar-refractivity contribution in [3.63, 3.8) is 0 Å². The molecular formula is C13H14F3N3. The molecule has 1 heterocycles. The van der Waals surface area contributed by atoms with Crippen LogP contribution in [-0.4, -0.2) is 16.5 Å². The van der Waals surface area contributed by atoms with Gasteiger partial charge < -0.3 is 10.3 Å². The molecule has 2 N–H and O–H groups in total. The topological polar surface area (TPSA) is 40.7 Å². The van der Waals surface area contributed by atoms with Crippen molar-refractivity contribution in [1.29, 1.82) is 0 Å². The summed E-state index contributed by atoms with van der Waals surface area (Å²) >= 11 is 0. The van der Waals surface area contributed by atoms with E-state index in [2.05, 4.69) is 15.3 Å². The van der Waals surface area contributed by atoms with Gasteiger partial charge in [0.15, 0.2) is 0 Å². The number of hydrogen-bond donors (Lipinski definition) is 2. The molecule has 1 aromatic carbocycles. The maximum Gasteiger partial charge on any atom is 0.416 e. The lowest BCUT2D eigenvalue weighted by atomic mass is 10.1. The zero-order valence-electron chi connectivity index (χ0n) is 10.2. The van der Waals surface area contributed by atoms with E-state index in [4.69, 9.17) is 0 Å². The number of aromatic nitrogens is 2. The average Bonchev–Trinajstić information content (AvgIpc) is 2.87. The van der Waals surface area contributed by atoms with Crippen LogP contribution >= 0.6 is 0 Å². The minimum absolute atomic E-state index is 0.407. The molecule has 0 amide bonds. The Morgan fingerprint density at radius 3 is 2.79 bits per heavy atom. The molecule has 0 saturated carbocycles. The summed E-state index contributed by atoms with van der Waals surface area (Å²) in [5, 5.41) is 3.09. The molecule has 0 atom stereocenters. The minimum Gasteiger partial charge on any atom is -0.349 e. The van der Waals surface area contributed by atoms with Gasteiger partial charge in [-0.25, -0.2) is 4.98 Å². The minimum atomic E-state index is -4.29. The number of benzene rings is 1. The largest absolute Gasteiger partial charge is 0.416 e. The Hall–Kier alpha value is -1.82. The van der Waals surface area contributed by atoms with Gasteiger partial charge in [0, 0.05) is 31.9 Å². The van der Waals surface area contributed by atoms with E-state index in [1.165, 1.54) is 12.1 Å². The number of aromatic amines is 1. The molecule has 19 heavy (non-hydrogen) atoms. The molecule has 0 aliphatic rings. The van der Waals surface area contributed by atoms with Crippen LogP contribution in [0, 0.1) is 0 Å². The number of rotatable bonds is 5. The summed E-state index contributed by atoms with van der Waals surface area (Å²) in [6.45, 7) is 1.06. The van der Waals surface area contributed by atoms with Crippen LogP contribution in [0.25, 0.3) is 0 Å². The Labute approximate surface area is 108 Å². The summed E-state index contributed by atoms with van der Waals surface area (Å²) in [6, 6.07) is 5.34. The monoisotopic (exact) mass is 269 g/mol. The first-order valence-corrected chi connectivity index (χ1v) is 5.91. The average molecular weight is 269 g/mol. The van der Waals surface area contributed by atoms with E-state index in [9.17, 15) is 13.2 Å². The molecule has 0 saturated heterocycles. The van der Waals surface area contributed by atoms with Crippen molar-refractivity contribution < 1.29 is 13.2 Å². The maximum atomic E-state index is 12.5. The first-order valence-electron chi connectivity index (χ1n) is 5.91. The van der Waals surface area contributed by atoms with Crippen molar-refractivity contribution >= 4 is 0 Å². The van der Waals surface area contributed by atoms with Crippen molar-refractivity contribution in [2.45, 2.75) is 19.1 Å². The maximum absolute atomic E-state index is 12.5. The summed E-state index contributed by atoms with van der Waals surface area (Å²) in [4.78, 5) is 7.03. The predicted octanol–water partition coefficient (Wildman–Crippen LogP) is 2.76. The van der Waals surface area contributed by atoms with E-state index >= 15 is 0 Å². The van der Waals surface area contributed by atoms with Gasteiger partial charge in [-0.3, -0.25) is 0 Å². The Balaban J connectivity index is 1.83. The Morgan fingerprint density at radius 1 is 1.26 bits per heavy atom. The summed E-state index contributed by atoms with van der Waals surface area (Å²) in [5.74, 6) is 0.858. The Morgan fingerprint density at radius 2 is 2.11 bits per heavy atom. The summed E-state index contributed by atoms with van der Waals surface area (Å²) in [6.07, 6.45) is -0.166. The van der Waals surface area contributed by atoms with Crippen molar-refractivity contribution in [2.75, 3.05) is 6.54 Å². The van der Waals surface area contributed by atoms with Gasteiger partial charge in [-0.2, -0.15) is 13.2 Å². The lowest BCUT2D eigenvalue weighted by molar-refractivity contribution is -0.137. The molecule has 0 spiro atoms. The highest BCUT2D eigenvalue weighted by Gasteiger charge is 2.30. The Kier molecular flexibility index (Phi) is 4.21. The summed E-state index contributed by atoms with van der Waals surface area (Å²) in [7, 11) is 0. The predicted molar refractivity (Wildman–Crippen MR) is 65.4 cm³/mol. The van der Waals surface area contributed by atoms with Crippen LogP contribution in [0.15, 0.2) is 36.7 Å². The van der Waals surface area contributed by atoms with Crippen LogP contribution in [0.2, 0.25) is 0 Å². The van der Waals surface area contributed by atoms with Gasteiger partial charge in [0.1, 0.15) is 5.82 Å². The number of hydrogen-bond acceptors (Lipinski definition) is 2. The number of alkyl halides is 3. The molecule has 0 unspecified atom stereocenters. The van der Waals surface area contributed by atoms with E-state index in [0.29, 0.717) is 25.1 Å². The van der Waals surface area contributed by atoms with Gasteiger partial charge in [-0.1, -0.05) is 18.2 Å². The highest BCUT2D eigenvalue weighted by atomic mass is 19.4. The van der Waals surface area contributed by atoms with Crippen molar-refractivity contribution in [3.05, 3.63) is 53.6 Å². The fourth-order valence-electron chi connectivity index (χ4n) is 1.73. The fraction of sp³-hybridized carbons (Fsp3) is 0.308. The smallest absolute Gasteiger partial charge is 0.349 e. The summed E-state index contributed by atoms with van der Waals surface area (Å²) < 4.78 is 37.5. The molecule has 1 aromatic heterocycles. The van der Waals surface area contributed by atoms with Crippen LogP contribution in [0.5, 0.6) is 0 Å². The fourth-order valence-corrected chi connectivity index (χ4v) is 1.73. The molecule has 2 rings (SSSR count). The van der Waals surface area contributed by atoms with Crippen molar-refractivity contribution in [2.24, 2.45) is 0 Å². The molecule has 3 nitrogen and oxygen atoms in total. The van der Waals surface area contributed by atoms with E-state index in [1.54, 1.807) is 18.5 Å². The highest BCUT2D eigenvalue weighted by molar-refractivity contribution is 5.25. The quantitative estimate of drug-likeness (QED) is 0.819. The van der Waals surface area contributed by atoms with Crippen LogP contribution in [-0.2, 0) is 19.1 Å². The zero-order valence-corrected chi connectivity index (χ0v) is 10.2. The van der Waals surface area contributed by atoms with Gasteiger partial charge >= 0.3 is 6.18 Å². The second kappa shape index (κ2) is 5.88. The molecule has 0 bridgehead atoms. The first kappa shape index (κ1) is 13.6. The van der Waals surface area contributed by atoms with Gasteiger partial charge in [-0.05, 0) is 11.6 Å². The molecule has 0 fully saturated rings. The molecule has 0 aliphatic carbocycles. The van der Waals surface area contributed by atoms with Crippen LogP contribution in [0.4, 0.5) is 13.2 Å². The highest BCUT2D eigenvalue weighted by Crippen LogP contribution is 2.29. The van der Waals surface area contributed by atoms with E-state index < -0.39 is 11.7 Å². The molecule has 6 heteroatoms. The molecule has 0 radical (unpaired) electrons. The third-order valence-corrected chi connectivity index (χ3v) is 2.68. The number of halogens is 3. The van der Waals surface area contributed by atoms with Gasteiger partial charge in [0.25, 0.3) is 0 Å². The normalized spacial score (nSPS) is 11.7. The molecule has 102 valence electrons. The van der Waals surface area contributed by atoms with E-state index in [1.807, 2.05) is 0 Å². The van der Waals surface area contributed by atoms with Gasteiger partial charge in [-0.15, -0.1) is 0 Å². The van der Waals surface area contributed by atoms with Crippen molar-refractivity contribution in [3.8, 4) is 0 Å². The number of H-pyrrole nitrogens is 1. The van der Waals surface area contributed by atoms with Crippen LogP contribution in [0.1, 0.15) is 17.0 Å². The second-order valence-corrected chi connectivity index (χ2v) is 4.16. The first-order chi connectivity index (χ1) is 9.05. The van der Waals surface area contributed by atoms with Crippen LogP contribution in [0.3, 0.4) is 0 Å².